The first kappa shape index (κ1) is 23.0. The second kappa shape index (κ2) is 15.0. The second-order valence-electron chi connectivity index (χ2n) is 7.01. The molecule has 0 spiro atoms. The summed E-state index contributed by atoms with van der Waals surface area (Å²) in [4.78, 5) is 15.1. The van der Waals surface area contributed by atoms with Crippen molar-refractivity contribution in [1.82, 2.24) is 0 Å². The van der Waals surface area contributed by atoms with Gasteiger partial charge in [0.15, 0.2) is 4.98 Å². The molecule has 0 saturated carbocycles. The van der Waals surface area contributed by atoms with Crippen molar-refractivity contribution in [3.63, 3.8) is 0 Å². The number of hydrogen-bond donors (Lipinski definition) is 0. The van der Waals surface area contributed by atoms with Gasteiger partial charge in [0.2, 0.25) is 11.1 Å². The van der Waals surface area contributed by atoms with Crippen LogP contribution in [0.1, 0.15) is 94.3 Å². The fourth-order valence-corrected chi connectivity index (χ4v) is 3.09. The molecule has 0 aliphatic rings. The number of unbranched alkanes of at least 4 members (excludes halogenated alkanes) is 11. The van der Waals surface area contributed by atoms with Crippen molar-refractivity contribution in [3.05, 3.63) is 28.7 Å². The highest BCUT2D eigenvalue weighted by atomic mass is 16.5. The van der Waals surface area contributed by atoms with Gasteiger partial charge < -0.3 is 9.47 Å². The van der Waals surface area contributed by atoms with Gasteiger partial charge in [0.25, 0.3) is 0 Å². The summed E-state index contributed by atoms with van der Waals surface area (Å²) in [6.07, 6.45) is 15.3. The highest BCUT2D eigenvalue weighted by molar-refractivity contribution is 5.91. The van der Waals surface area contributed by atoms with Crippen LogP contribution < -0.4 is 4.74 Å². The number of ether oxygens (including phenoxy) is 2. The SMILES string of the molecule is CCCCCCCCCCCCCCOC(=O)c1ccc(OC)c([N+]#N)c1. The molecule has 0 N–H and O–H groups in total. The maximum absolute atomic E-state index is 12.0. The van der Waals surface area contributed by atoms with Crippen molar-refractivity contribution in [2.24, 2.45) is 0 Å². The Labute approximate surface area is 164 Å². The van der Waals surface area contributed by atoms with Gasteiger partial charge in [0, 0.05) is 0 Å². The van der Waals surface area contributed by atoms with E-state index in [1.54, 1.807) is 12.1 Å². The Morgan fingerprint density at radius 2 is 1.48 bits per heavy atom. The number of nitrogens with zero attached hydrogens (tertiary/aromatic N) is 2. The van der Waals surface area contributed by atoms with Gasteiger partial charge in [0.05, 0.1) is 25.3 Å². The van der Waals surface area contributed by atoms with Crippen molar-refractivity contribution in [1.29, 1.82) is 5.39 Å². The minimum absolute atomic E-state index is 0.220. The first-order chi connectivity index (χ1) is 13.2. The lowest BCUT2D eigenvalue weighted by Gasteiger charge is -2.05. The molecule has 5 nitrogen and oxygen atoms in total. The molecule has 1 aromatic carbocycles. The molecule has 0 bridgehead atoms. The molecule has 27 heavy (non-hydrogen) atoms. The van der Waals surface area contributed by atoms with E-state index in [-0.39, 0.29) is 5.69 Å². The van der Waals surface area contributed by atoms with Crippen LogP contribution in [0, 0.1) is 5.39 Å². The smallest absolute Gasteiger partial charge is 0.427 e. The molecule has 0 aliphatic carbocycles. The Hall–Kier alpha value is -2.09. The summed E-state index contributed by atoms with van der Waals surface area (Å²) in [5, 5.41) is 8.95. The van der Waals surface area contributed by atoms with Crippen LogP contribution in [0.4, 0.5) is 5.69 Å². The third-order valence-corrected chi connectivity index (χ3v) is 4.75. The Bertz CT molecular complexity index is 581. The van der Waals surface area contributed by atoms with Crippen LogP contribution in [0.25, 0.3) is 4.98 Å². The normalized spacial score (nSPS) is 10.4. The van der Waals surface area contributed by atoms with E-state index in [1.807, 2.05) is 0 Å². The summed E-state index contributed by atoms with van der Waals surface area (Å²) in [6.45, 7) is 2.68. The summed E-state index contributed by atoms with van der Waals surface area (Å²) >= 11 is 0. The Morgan fingerprint density at radius 3 is 2.00 bits per heavy atom. The van der Waals surface area contributed by atoms with E-state index in [0.29, 0.717) is 17.9 Å². The molecule has 1 rings (SSSR count). The molecule has 0 heterocycles. The second-order valence-corrected chi connectivity index (χ2v) is 7.01. The third-order valence-electron chi connectivity index (χ3n) is 4.75. The number of carbonyl (C=O) groups is 1. The van der Waals surface area contributed by atoms with E-state index in [1.165, 1.54) is 77.4 Å². The van der Waals surface area contributed by atoms with E-state index in [4.69, 9.17) is 14.9 Å². The number of diazo groups is 1. The molecule has 150 valence electrons. The topological polar surface area (TPSA) is 63.7 Å². The zero-order valence-corrected chi connectivity index (χ0v) is 17.0. The van der Waals surface area contributed by atoms with Crippen LogP contribution in [0.2, 0.25) is 0 Å². The minimum atomic E-state index is -0.398. The Morgan fingerprint density at radius 1 is 0.926 bits per heavy atom. The molecule has 0 saturated heterocycles. The molecule has 0 atom stereocenters. The van der Waals surface area contributed by atoms with Crippen molar-refractivity contribution >= 4 is 11.7 Å². The van der Waals surface area contributed by atoms with Crippen molar-refractivity contribution in [2.45, 2.75) is 84.0 Å². The highest BCUT2D eigenvalue weighted by Gasteiger charge is 2.18. The predicted molar refractivity (Wildman–Crippen MR) is 109 cm³/mol. The van der Waals surface area contributed by atoms with Gasteiger partial charge >= 0.3 is 11.7 Å². The fourth-order valence-electron chi connectivity index (χ4n) is 3.09. The standard InChI is InChI=1S/C22H35N2O3/c1-3-4-5-6-7-8-9-10-11-12-13-14-17-27-22(25)19-15-16-21(26-2)20(18-19)24-23/h15-16,18H,3-14,17H2,1-2H3/q+1. The monoisotopic (exact) mass is 375 g/mol. The molecule has 0 unspecified atom stereocenters. The number of methoxy groups -OCH3 is 1. The van der Waals surface area contributed by atoms with Gasteiger partial charge in [0.1, 0.15) is 0 Å². The third kappa shape index (κ3) is 9.98. The van der Waals surface area contributed by atoms with Crippen LogP contribution in [0.15, 0.2) is 18.2 Å². The summed E-state index contributed by atoms with van der Waals surface area (Å²) in [5.74, 6) is 0.0145. The highest BCUT2D eigenvalue weighted by Crippen LogP contribution is 2.28. The summed E-state index contributed by atoms with van der Waals surface area (Å²) < 4.78 is 10.3. The zero-order valence-electron chi connectivity index (χ0n) is 17.0. The molecule has 1 aromatic rings. The van der Waals surface area contributed by atoms with Gasteiger partial charge in [-0.3, -0.25) is 0 Å². The van der Waals surface area contributed by atoms with Gasteiger partial charge in [-0.1, -0.05) is 77.6 Å². The van der Waals surface area contributed by atoms with Gasteiger partial charge in [-0.2, -0.15) is 0 Å². The first-order valence-electron chi connectivity index (χ1n) is 10.4. The lowest BCUT2D eigenvalue weighted by molar-refractivity contribution is 0.0497. The van der Waals surface area contributed by atoms with E-state index in [2.05, 4.69) is 11.9 Å². The maximum atomic E-state index is 12.0. The average Bonchev–Trinajstić information content (AvgIpc) is 2.70. The Kier molecular flexibility index (Phi) is 12.8. The number of hydrogen-bond acceptors (Lipinski definition) is 4. The van der Waals surface area contributed by atoms with Crippen LogP contribution in [-0.2, 0) is 4.74 Å². The molecular formula is C22H35N2O3+. The van der Waals surface area contributed by atoms with Gasteiger partial charge in [-0.25, -0.2) is 4.79 Å². The summed E-state index contributed by atoms with van der Waals surface area (Å²) in [6, 6.07) is 4.66. The molecule has 0 aromatic heterocycles. The fraction of sp³-hybridized carbons (Fsp3) is 0.682. The van der Waals surface area contributed by atoms with Crippen molar-refractivity contribution in [3.8, 4) is 5.75 Å². The lowest BCUT2D eigenvalue weighted by Crippen LogP contribution is -2.06. The van der Waals surface area contributed by atoms with Crippen LogP contribution in [0.5, 0.6) is 5.75 Å². The quantitative estimate of drug-likeness (QED) is 0.187. The number of esters is 1. The van der Waals surface area contributed by atoms with Gasteiger partial charge in [-0.05, 0) is 18.6 Å². The minimum Gasteiger partial charge on any atom is -0.489 e. The molecule has 0 aliphatic heterocycles. The molecule has 0 radical (unpaired) electrons. The number of carbonyl (C=O) groups excluding carboxylic acids is 1. The van der Waals surface area contributed by atoms with Crippen LogP contribution in [-0.4, -0.2) is 19.7 Å². The van der Waals surface area contributed by atoms with E-state index >= 15 is 0 Å². The van der Waals surface area contributed by atoms with E-state index < -0.39 is 5.97 Å². The molecule has 0 fully saturated rings. The van der Waals surface area contributed by atoms with Crippen LogP contribution in [0.3, 0.4) is 0 Å². The predicted octanol–water partition coefficient (Wildman–Crippen LogP) is 7.04. The summed E-state index contributed by atoms with van der Waals surface area (Å²) in [5.41, 5.74) is 0.583. The van der Waals surface area contributed by atoms with Gasteiger partial charge in [-0.15, -0.1) is 0 Å². The lowest BCUT2D eigenvalue weighted by atomic mass is 10.1. The van der Waals surface area contributed by atoms with E-state index in [9.17, 15) is 4.79 Å². The largest absolute Gasteiger partial charge is 0.489 e. The van der Waals surface area contributed by atoms with Crippen molar-refractivity contribution < 1.29 is 14.3 Å². The summed E-state index contributed by atoms with van der Waals surface area (Å²) in [7, 11) is 1.48. The zero-order chi connectivity index (χ0) is 19.7. The van der Waals surface area contributed by atoms with Crippen molar-refractivity contribution in [2.75, 3.05) is 13.7 Å². The Balaban J connectivity index is 2.04. The average molecular weight is 376 g/mol. The number of benzene rings is 1. The van der Waals surface area contributed by atoms with Crippen LogP contribution >= 0.6 is 0 Å². The molecule has 0 amide bonds. The maximum Gasteiger partial charge on any atom is 0.427 e. The number of rotatable bonds is 15. The molecular weight excluding hydrogens is 340 g/mol. The first-order valence-corrected chi connectivity index (χ1v) is 10.4. The molecule has 5 heteroatoms. The van der Waals surface area contributed by atoms with E-state index in [0.717, 1.165) is 12.8 Å².